The third-order valence-corrected chi connectivity index (χ3v) is 8.64. The van der Waals surface area contributed by atoms with E-state index in [2.05, 4.69) is 39.9 Å². The zero-order valence-corrected chi connectivity index (χ0v) is 22.6. The van der Waals surface area contributed by atoms with Crippen LogP contribution >= 0.6 is 7.82 Å². The Labute approximate surface area is 241 Å². The number of nitrogens with zero attached hydrogens (tertiary/aromatic N) is 9. The predicted octanol–water partition coefficient (Wildman–Crippen LogP) is -2.72. The molecule has 4 aromatic rings. The number of aliphatic hydroxyl groups excluding tert-OH is 3. The van der Waals surface area contributed by atoms with Gasteiger partial charge in [0.05, 0.1) is 31.7 Å². The van der Waals surface area contributed by atoms with Crippen LogP contribution in [0, 0.1) is 0 Å². The van der Waals surface area contributed by atoms with Gasteiger partial charge in [-0.15, -0.1) is 0 Å². The van der Waals surface area contributed by atoms with Crippen LogP contribution in [0.25, 0.3) is 32.8 Å². The number of hydrogen-bond donors (Lipinski definition) is 7. The van der Waals surface area contributed by atoms with Crippen molar-refractivity contribution >= 4 is 36.1 Å². The van der Waals surface area contributed by atoms with Crippen molar-refractivity contribution in [2.75, 3.05) is 12.3 Å². The van der Waals surface area contributed by atoms with E-state index in [-0.39, 0.29) is 28.3 Å². The smallest absolute Gasteiger partial charge is 0.389 e. The number of nitrogens with one attached hydrogen (secondary N) is 2. The van der Waals surface area contributed by atoms with Crippen molar-refractivity contribution in [3.63, 3.8) is 0 Å². The second kappa shape index (κ2) is 9.87. The second-order valence-electron chi connectivity index (χ2n) is 10.1. The molecule has 8 N–H and O–H groups in total. The first-order chi connectivity index (χ1) is 21.0. The number of H-pyrrole nitrogens is 2. The maximum absolute atomic E-state index is 13.2. The summed E-state index contributed by atoms with van der Waals surface area (Å²) >= 11 is 0. The molecular formula is C20H21N12O11P. The molecule has 1 saturated carbocycles. The van der Waals surface area contributed by atoms with Crippen molar-refractivity contribution in [3.05, 3.63) is 50.1 Å². The third kappa shape index (κ3) is 4.15. The highest BCUT2D eigenvalue weighted by atomic mass is 31.2. The molecule has 2 saturated heterocycles. The highest BCUT2D eigenvalue weighted by Crippen LogP contribution is 2.62. The van der Waals surface area contributed by atoms with Crippen LogP contribution in [0.3, 0.4) is 0 Å². The molecule has 0 spiro atoms. The maximum atomic E-state index is 13.2. The van der Waals surface area contributed by atoms with E-state index in [0.717, 1.165) is 17.2 Å². The van der Waals surface area contributed by atoms with Gasteiger partial charge < -0.3 is 40.4 Å². The Morgan fingerprint density at radius 3 is 2.52 bits per heavy atom. The third-order valence-electron chi connectivity index (χ3n) is 7.68. The van der Waals surface area contributed by atoms with Crippen LogP contribution in [-0.4, -0.2) is 108 Å². The van der Waals surface area contributed by atoms with Crippen LogP contribution in [0.1, 0.15) is 12.5 Å². The van der Waals surface area contributed by atoms with Gasteiger partial charge in [0.2, 0.25) is 5.95 Å². The molecule has 232 valence electrons. The Morgan fingerprint density at radius 2 is 1.80 bits per heavy atom. The second-order valence-corrected chi connectivity index (χ2v) is 11.5. The number of imidazole rings is 2. The topological polar surface area (TPSA) is 337 Å². The van der Waals surface area contributed by atoms with Gasteiger partial charge in [0.15, 0.2) is 34.8 Å². The average molecular weight is 636 g/mol. The molecule has 3 unspecified atom stereocenters. The Balaban J connectivity index is 1.13. The standard InChI is InChI=1S/C20H21N12O11P/c21-19-27-14-7(16(37)28-19)26-4-32(14)18-12(20(29-30-22)10(35)11(20)42-18)43-44(38,39)40-1-5-8(33)9(34)17(41-5)31-3-25-6-13(31)23-2-24-15(6)36/h2-5,8-12,17-18,33-35H,1H2,(H,38,39)(H,23,24,36)(H3,21,27,28,37)/t5-,8-,9-,10?,11-,12+,17-,18-,20?/m1/s1. The zero-order chi connectivity index (χ0) is 31.1. The number of nitrogen functional groups attached to an aromatic ring is 1. The van der Waals surface area contributed by atoms with E-state index in [1.165, 1.54) is 10.9 Å². The largest absolute Gasteiger partial charge is 0.472 e. The van der Waals surface area contributed by atoms with E-state index < -0.39 is 80.2 Å². The molecule has 6 heterocycles. The van der Waals surface area contributed by atoms with Crippen molar-refractivity contribution in [1.29, 1.82) is 0 Å². The minimum atomic E-state index is -5.16. The Hall–Kier alpha value is -4.28. The summed E-state index contributed by atoms with van der Waals surface area (Å²) in [5.41, 5.74) is 11.5. The molecular weight excluding hydrogens is 615 g/mol. The van der Waals surface area contributed by atoms with Crippen LogP contribution < -0.4 is 16.9 Å². The van der Waals surface area contributed by atoms with E-state index >= 15 is 0 Å². The summed E-state index contributed by atoms with van der Waals surface area (Å²) in [5, 5.41) is 35.3. The first-order valence-electron chi connectivity index (χ1n) is 12.7. The molecule has 7 rings (SSSR count). The lowest BCUT2D eigenvalue weighted by Crippen LogP contribution is -2.38. The highest BCUT2D eigenvalue weighted by Gasteiger charge is 2.78. The van der Waals surface area contributed by atoms with Gasteiger partial charge in [-0.2, -0.15) is 4.98 Å². The van der Waals surface area contributed by atoms with Gasteiger partial charge in [0, 0.05) is 4.91 Å². The Kier molecular flexibility index (Phi) is 6.39. The van der Waals surface area contributed by atoms with Crippen molar-refractivity contribution in [1.82, 2.24) is 39.0 Å². The lowest BCUT2D eigenvalue weighted by molar-refractivity contribution is -0.0763. The van der Waals surface area contributed by atoms with E-state index in [0.29, 0.717) is 0 Å². The molecule has 23 nitrogen and oxygen atoms in total. The molecule has 0 radical (unpaired) electrons. The molecule has 10 atom stereocenters. The minimum Gasteiger partial charge on any atom is -0.389 e. The van der Waals surface area contributed by atoms with E-state index in [9.17, 15) is 39.9 Å². The Morgan fingerprint density at radius 1 is 1.09 bits per heavy atom. The summed E-state index contributed by atoms with van der Waals surface area (Å²) < 4.78 is 37.5. The Bertz CT molecular complexity index is 2010. The van der Waals surface area contributed by atoms with Crippen LogP contribution in [0.15, 0.2) is 33.7 Å². The van der Waals surface area contributed by atoms with E-state index in [4.69, 9.17) is 24.3 Å². The monoisotopic (exact) mass is 636 g/mol. The summed E-state index contributed by atoms with van der Waals surface area (Å²) in [6.45, 7) is -0.802. The molecule has 0 bridgehead atoms. The molecule has 3 aliphatic rings. The number of fused-ring (bicyclic) bond motifs is 3. The lowest BCUT2D eigenvalue weighted by Gasteiger charge is -2.28. The fourth-order valence-corrected chi connectivity index (χ4v) is 6.48. The van der Waals surface area contributed by atoms with Crippen LogP contribution in [-0.2, 0) is 23.1 Å². The number of hydrogen-bond acceptors (Lipinski definition) is 16. The molecule has 0 amide bonds. The number of azide groups is 1. The van der Waals surface area contributed by atoms with Crippen molar-refractivity contribution < 1.29 is 43.3 Å². The molecule has 0 aromatic carbocycles. The number of phosphoric ester groups is 1. The molecule has 24 heteroatoms. The highest BCUT2D eigenvalue weighted by molar-refractivity contribution is 7.47. The number of aromatic nitrogens is 8. The predicted molar refractivity (Wildman–Crippen MR) is 139 cm³/mol. The fourth-order valence-electron chi connectivity index (χ4n) is 5.52. The molecule has 2 aliphatic heterocycles. The number of nitrogens with two attached hydrogens (primary N) is 1. The normalized spacial score (nSPS) is 34.2. The molecule has 44 heavy (non-hydrogen) atoms. The summed E-state index contributed by atoms with van der Waals surface area (Å²) in [6.07, 6.45) is -8.26. The zero-order valence-electron chi connectivity index (χ0n) is 21.8. The molecule has 4 aromatic heterocycles. The number of ether oxygens (including phenoxy) is 2. The van der Waals surface area contributed by atoms with Crippen LogP contribution in [0.5, 0.6) is 0 Å². The fraction of sp³-hybridized carbons (Fsp3) is 0.500. The summed E-state index contributed by atoms with van der Waals surface area (Å²) in [5.74, 6) is -0.271. The first kappa shape index (κ1) is 28.5. The van der Waals surface area contributed by atoms with Crippen molar-refractivity contribution in [3.8, 4) is 0 Å². The number of anilines is 1. The van der Waals surface area contributed by atoms with Crippen LogP contribution in [0.2, 0.25) is 0 Å². The molecule has 3 fully saturated rings. The van der Waals surface area contributed by atoms with Crippen LogP contribution in [0.4, 0.5) is 5.95 Å². The van der Waals surface area contributed by atoms with Gasteiger partial charge in [0.1, 0.15) is 36.1 Å². The van der Waals surface area contributed by atoms with Gasteiger partial charge in [0.25, 0.3) is 11.1 Å². The maximum Gasteiger partial charge on any atom is 0.472 e. The van der Waals surface area contributed by atoms with Gasteiger partial charge in [-0.1, -0.05) is 5.11 Å². The first-order valence-corrected chi connectivity index (χ1v) is 14.2. The number of aliphatic hydroxyl groups is 3. The van der Waals surface area contributed by atoms with Crippen molar-refractivity contribution in [2.45, 2.75) is 54.6 Å². The number of rotatable bonds is 8. The summed E-state index contributed by atoms with van der Waals surface area (Å²) in [7, 11) is -5.16. The lowest BCUT2D eigenvalue weighted by atomic mass is 10.1. The van der Waals surface area contributed by atoms with Gasteiger partial charge in [-0.3, -0.25) is 32.8 Å². The summed E-state index contributed by atoms with van der Waals surface area (Å²) in [4.78, 5) is 58.2. The number of aromatic amines is 2. The quantitative estimate of drug-likeness (QED) is 0.0447. The van der Waals surface area contributed by atoms with Gasteiger partial charge >= 0.3 is 7.82 Å². The van der Waals surface area contributed by atoms with E-state index in [1.54, 1.807) is 0 Å². The van der Waals surface area contributed by atoms with Gasteiger partial charge in [-0.05, 0) is 5.53 Å². The number of phosphoric acid groups is 1. The molecule has 1 aliphatic carbocycles. The minimum absolute atomic E-state index is 0.0427. The van der Waals surface area contributed by atoms with Crippen molar-refractivity contribution in [2.24, 2.45) is 5.11 Å². The van der Waals surface area contributed by atoms with E-state index in [1.807, 2.05) is 0 Å². The average Bonchev–Trinajstić information content (AvgIpc) is 3.50. The SMILES string of the molecule is [N-]=[N+]=NC12C(O)[C@H]1O[C@@H](n1cnc3c(=O)[nH]c(N)nc31)[C@@H]2OP(=O)(O)OC[C@H]1O[C@@H](n2cnc3c(=O)[nH]cnc32)[C@H](O)[C@@H]1O. The van der Waals surface area contributed by atoms with Gasteiger partial charge in [-0.25, -0.2) is 19.5 Å². The summed E-state index contributed by atoms with van der Waals surface area (Å²) in [6, 6.07) is 0.